The van der Waals surface area contributed by atoms with Crippen LogP contribution < -0.4 is 9.62 Å². The maximum Gasteiger partial charge on any atom is 0.264 e. The highest BCUT2D eigenvalue weighted by atomic mass is 32.2. The first-order valence-electron chi connectivity index (χ1n) is 13.4. The van der Waals surface area contributed by atoms with E-state index in [0.29, 0.717) is 18.7 Å². The maximum absolute atomic E-state index is 14.0. The SMILES string of the molecule is CCNC(=O)[C@@H](CC)N(Cc1ccc(C)cc1)C(=O)CN(c1ccc(C(C)C)cc1)S(=O)(=O)c1ccccc1. The van der Waals surface area contributed by atoms with Crippen molar-refractivity contribution in [3.8, 4) is 0 Å². The number of amides is 2. The van der Waals surface area contributed by atoms with Gasteiger partial charge in [-0.3, -0.25) is 13.9 Å². The van der Waals surface area contributed by atoms with Crippen molar-refractivity contribution in [1.29, 1.82) is 0 Å². The molecule has 3 aromatic carbocycles. The molecule has 0 saturated heterocycles. The third kappa shape index (κ3) is 7.47. The molecule has 0 aromatic heterocycles. The highest BCUT2D eigenvalue weighted by Gasteiger charge is 2.33. The van der Waals surface area contributed by atoms with Gasteiger partial charge in [-0.05, 0) is 61.6 Å². The molecule has 0 saturated carbocycles. The highest BCUT2D eigenvalue weighted by Crippen LogP contribution is 2.27. The zero-order valence-electron chi connectivity index (χ0n) is 23.4. The molecule has 1 N–H and O–H groups in total. The smallest absolute Gasteiger partial charge is 0.264 e. The molecule has 0 radical (unpaired) electrons. The predicted octanol–water partition coefficient (Wildman–Crippen LogP) is 5.26. The van der Waals surface area contributed by atoms with Gasteiger partial charge in [0.25, 0.3) is 10.0 Å². The average Bonchev–Trinajstić information content (AvgIpc) is 2.93. The van der Waals surface area contributed by atoms with E-state index in [-0.39, 0.29) is 23.3 Å². The van der Waals surface area contributed by atoms with Crippen molar-refractivity contribution in [2.24, 2.45) is 0 Å². The van der Waals surface area contributed by atoms with Gasteiger partial charge in [-0.15, -0.1) is 0 Å². The molecule has 0 aliphatic rings. The largest absolute Gasteiger partial charge is 0.355 e. The second-order valence-electron chi connectivity index (χ2n) is 9.90. The number of nitrogens with one attached hydrogen (secondary N) is 1. The second-order valence-corrected chi connectivity index (χ2v) is 11.8. The molecular formula is C31H39N3O4S. The molecule has 3 aromatic rings. The molecule has 7 nitrogen and oxygen atoms in total. The lowest BCUT2D eigenvalue weighted by Crippen LogP contribution is -2.52. The van der Waals surface area contributed by atoms with Gasteiger partial charge in [0.05, 0.1) is 10.6 Å². The van der Waals surface area contributed by atoms with Gasteiger partial charge in [0.1, 0.15) is 12.6 Å². The third-order valence-corrected chi connectivity index (χ3v) is 8.46. The molecule has 0 unspecified atom stereocenters. The highest BCUT2D eigenvalue weighted by molar-refractivity contribution is 7.92. The number of anilines is 1. The number of aryl methyl sites for hydroxylation is 1. The van der Waals surface area contributed by atoms with Gasteiger partial charge in [-0.1, -0.05) is 80.9 Å². The molecular weight excluding hydrogens is 510 g/mol. The Balaban J connectivity index is 2.05. The summed E-state index contributed by atoms with van der Waals surface area (Å²) < 4.78 is 28.9. The quantitative estimate of drug-likeness (QED) is 0.334. The summed E-state index contributed by atoms with van der Waals surface area (Å²) in [7, 11) is -4.07. The lowest BCUT2D eigenvalue weighted by atomic mass is 10.0. The predicted molar refractivity (Wildman–Crippen MR) is 156 cm³/mol. The Morgan fingerprint density at radius 1 is 0.872 bits per heavy atom. The fraction of sp³-hybridized carbons (Fsp3) is 0.355. The molecule has 8 heteroatoms. The number of hydrogen-bond donors (Lipinski definition) is 1. The molecule has 0 bridgehead atoms. The van der Waals surface area contributed by atoms with Crippen molar-refractivity contribution in [3.05, 3.63) is 95.6 Å². The van der Waals surface area contributed by atoms with E-state index in [2.05, 4.69) is 19.2 Å². The van der Waals surface area contributed by atoms with Gasteiger partial charge in [0.15, 0.2) is 0 Å². The van der Waals surface area contributed by atoms with E-state index >= 15 is 0 Å². The summed E-state index contributed by atoms with van der Waals surface area (Å²) in [5.74, 6) is -0.451. The molecule has 3 rings (SSSR count). The molecule has 0 heterocycles. The number of benzene rings is 3. The van der Waals surface area contributed by atoms with Crippen molar-refractivity contribution < 1.29 is 18.0 Å². The molecule has 208 valence electrons. The van der Waals surface area contributed by atoms with Crippen LogP contribution in [0.15, 0.2) is 83.8 Å². The Morgan fingerprint density at radius 3 is 2.03 bits per heavy atom. The van der Waals surface area contributed by atoms with Gasteiger partial charge in [-0.25, -0.2) is 8.42 Å². The van der Waals surface area contributed by atoms with Crippen LogP contribution in [0.3, 0.4) is 0 Å². The van der Waals surface area contributed by atoms with Crippen LogP contribution in [0.25, 0.3) is 0 Å². The first kappa shape index (κ1) is 29.9. The Kier molecular flexibility index (Phi) is 10.3. The number of carbonyl (C=O) groups excluding carboxylic acids is 2. The van der Waals surface area contributed by atoms with Crippen molar-refractivity contribution >= 4 is 27.5 Å². The molecule has 39 heavy (non-hydrogen) atoms. The molecule has 0 spiro atoms. The Hall–Kier alpha value is -3.65. The van der Waals surface area contributed by atoms with Gasteiger partial charge in [0, 0.05) is 13.1 Å². The summed E-state index contributed by atoms with van der Waals surface area (Å²) in [5, 5.41) is 2.82. The standard InChI is InChI=1S/C31H39N3O4S/c1-6-29(31(36)32-7-2)33(21-25-15-13-24(5)14-16-25)30(35)22-34(27-19-17-26(18-20-27)23(3)4)39(37,38)28-11-9-8-10-12-28/h8-20,23,29H,6-7,21-22H2,1-5H3,(H,32,36)/t29-/m1/s1. The van der Waals surface area contributed by atoms with Crippen molar-refractivity contribution in [2.45, 2.75) is 64.4 Å². The normalized spacial score (nSPS) is 12.2. The Labute approximate surface area is 232 Å². The molecule has 2 amide bonds. The summed E-state index contributed by atoms with van der Waals surface area (Å²) in [6.07, 6.45) is 0.387. The topological polar surface area (TPSA) is 86.8 Å². The van der Waals surface area contributed by atoms with E-state index in [1.165, 1.54) is 17.0 Å². The van der Waals surface area contributed by atoms with Crippen LogP contribution in [0.4, 0.5) is 5.69 Å². The van der Waals surface area contributed by atoms with Gasteiger partial charge < -0.3 is 10.2 Å². The zero-order chi connectivity index (χ0) is 28.6. The number of rotatable bonds is 12. The number of sulfonamides is 1. The maximum atomic E-state index is 14.0. The number of carbonyl (C=O) groups is 2. The van der Waals surface area contributed by atoms with Crippen LogP contribution in [0, 0.1) is 6.92 Å². The zero-order valence-corrected chi connectivity index (χ0v) is 24.2. The van der Waals surface area contributed by atoms with Crippen molar-refractivity contribution in [3.63, 3.8) is 0 Å². The van der Waals surface area contributed by atoms with Gasteiger partial charge >= 0.3 is 0 Å². The van der Waals surface area contributed by atoms with E-state index < -0.39 is 28.5 Å². The summed E-state index contributed by atoms with van der Waals surface area (Å²) in [6, 6.07) is 22.3. The van der Waals surface area contributed by atoms with Crippen LogP contribution in [0.5, 0.6) is 0 Å². The third-order valence-electron chi connectivity index (χ3n) is 6.67. The van der Waals surface area contributed by atoms with E-state index in [1.54, 1.807) is 30.3 Å². The monoisotopic (exact) mass is 549 g/mol. The Morgan fingerprint density at radius 2 is 1.49 bits per heavy atom. The minimum absolute atomic E-state index is 0.0894. The minimum atomic E-state index is -4.07. The van der Waals surface area contributed by atoms with Crippen LogP contribution in [-0.4, -0.2) is 44.3 Å². The summed E-state index contributed by atoms with van der Waals surface area (Å²) in [6.45, 7) is 9.94. The average molecular weight is 550 g/mol. The molecule has 0 fully saturated rings. The van der Waals surface area contributed by atoms with Crippen LogP contribution in [0.1, 0.15) is 56.7 Å². The summed E-state index contributed by atoms with van der Waals surface area (Å²) in [4.78, 5) is 28.6. The number of nitrogens with zero attached hydrogens (tertiary/aromatic N) is 2. The summed E-state index contributed by atoms with van der Waals surface area (Å²) in [5.41, 5.74) is 3.39. The van der Waals surface area contributed by atoms with Crippen molar-refractivity contribution in [2.75, 3.05) is 17.4 Å². The number of likely N-dealkylation sites (N-methyl/N-ethyl adjacent to an activating group) is 1. The number of hydrogen-bond acceptors (Lipinski definition) is 4. The van der Waals surface area contributed by atoms with E-state index in [9.17, 15) is 18.0 Å². The fourth-order valence-electron chi connectivity index (χ4n) is 4.38. The molecule has 0 aliphatic heterocycles. The Bertz CT molecular complexity index is 1340. The lowest BCUT2D eigenvalue weighted by Gasteiger charge is -2.33. The van der Waals surface area contributed by atoms with Gasteiger partial charge in [0.2, 0.25) is 11.8 Å². The van der Waals surface area contributed by atoms with E-state index in [4.69, 9.17) is 0 Å². The first-order chi connectivity index (χ1) is 18.6. The summed E-state index contributed by atoms with van der Waals surface area (Å²) >= 11 is 0. The lowest BCUT2D eigenvalue weighted by molar-refractivity contribution is -0.140. The van der Waals surface area contributed by atoms with Crippen LogP contribution >= 0.6 is 0 Å². The van der Waals surface area contributed by atoms with Crippen LogP contribution in [-0.2, 0) is 26.2 Å². The second kappa shape index (κ2) is 13.4. The van der Waals surface area contributed by atoms with Crippen molar-refractivity contribution in [1.82, 2.24) is 10.2 Å². The van der Waals surface area contributed by atoms with E-state index in [0.717, 1.165) is 21.0 Å². The van der Waals surface area contributed by atoms with E-state index in [1.807, 2.05) is 57.2 Å². The molecule has 1 atom stereocenters. The fourth-order valence-corrected chi connectivity index (χ4v) is 5.81. The van der Waals surface area contributed by atoms with Crippen LogP contribution in [0.2, 0.25) is 0 Å². The molecule has 0 aliphatic carbocycles. The minimum Gasteiger partial charge on any atom is -0.355 e. The first-order valence-corrected chi connectivity index (χ1v) is 14.8. The van der Waals surface area contributed by atoms with Gasteiger partial charge in [-0.2, -0.15) is 0 Å².